The highest BCUT2D eigenvalue weighted by atomic mass is 35.5. The lowest BCUT2D eigenvalue weighted by Crippen LogP contribution is -2.28. The van der Waals surface area contributed by atoms with E-state index in [2.05, 4.69) is 44.6 Å². The normalized spacial score (nSPS) is 16.8. The van der Waals surface area contributed by atoms with Crippen molar-refractivity contribution in [1.29, 1.82) is 0 Å². The van der Waals surface area contributed by atoms with E-state index in [0.29, 0.717) is 10.2 Å². The van der Waals surface area contributed by atoms with Crippen molar-refractivity contribution in [2.75, 3.05) is 18.0 Å². The van der Waals surface area contributed by atoms with E-state index >= 15 is 0 Å². The number of hydrogen-bond donors (Lipinski definition) is 2. The third-order valence-electron chi connectivity index (χ3n) is 5.54. The molecule has 1 saturated heterocycles. The summed E-state index contributed by atoms with van der Waals surface area (Å²) in [7, 11) is 2.02. The van der Waals surface area contributed by atoms with Crippen molar-refractivity contribution in [1.82, 2.24) is 19.9 Å². The lowest BCUT2D eigenvalue weighted by molar-refractivity contribution is -0.645. The molecule has 1 atom stereocenters. The van der Waals surface area contributed by atoms with Gasteiger partial charge in [0.2, 0.25) is 5.52 Å². The number of aromatic amines is 1. The largest absolute Gasteiger partial charge is 0.354 e. The molecule has 1 fully saturated rings. The highest BCUT2D eigenvalue weighted by Gasteiger charge is 2.26. The Balaban J connectivity index is 1.59. The van der Waals surface area contributed by atoms with Crippen LogP contribution in [-0.4, -0.2) is 39.1 Å². The number of benzene rings is 1. The lowest BCUT2D eigenvalue weighted by atomic mass is 10.3. The molecule has 5 rings (SSSR count). The molecule has 4 aromatic rings. The Bertz CT molecular complexity index is 1260. The van der Waals surface area contributed by atoms with Crippen molar-refractivity contribution < 1.29 is 4.57 Å². The van der Waals surface area contributed by atoms with Crippen molar-refractivity contribution >= 4 is 51.2 Å². The highest BCUT2D eigenvalue weighted by Crippen LogP contribution is 2.37. The molecule has 0 spiro atoms. The van der Waals surface area contributed by atoms with Gasteiger partial charge in [-0.25, -0.2) is 15.0 Å². The molecule has 154 valence electrons. The van der Waals surface area contributed by atoms with E-state index < -0.39 is 0 Å². The molecule has 3 aromatic heterocycles. The van der Waals surface area contributed by atoms with Gasteiger partial charge in [0.25, 0.3) is 0 Å². The van der Waals surface area contributed by atoms with Crippen LogP contribution in [0.3, 0.4) is 0 Å². The molecule has 0 unspecified atom stereocenters. The third-order valence-corrected chi connectivity index (χ3v) is 6.81. The second-order valence-corrected chi connectivity index (χ2v) is 9.03. The van der Waals surface area contributed by atoms with Crippen LogP contribution in [0.2, 0.25) is 5.02 Å². The average Bonchev–Trinajstić information content (AvgIpc) is 3.31. The smallest absolute Gasteiger partial charge is 0.230 e. The Hall–Kier alpha value is -2.42. The number of H-pyrrole nitrogens is 1. The van der Waals surface area contributed by atoms with Crippen molar-refractivity contribution in [3.63, 3.8) is 0 Å². The van der Waals surface area contributed by atoms with Gasteiger partial charge in [0.15, 0.2) is 11.4 Å². The summed E-state index contributed by atoms with van der Waals surface area (Å²) < 4.78 is 2.06. The van der Waals surface area contributed by atoms with E-state index in [9.17, 15) is 0 Å². The maximum Gasteiger partial charge on any atom is 0.230 e. The number of aryl methyl sites for hydroxylation is 2. The number of nitrogens with two attached hydrogens (primary N) is 1. The summed E-state index contributed by atoms with van der Waals surface area (Å²) in [5, 5.41) is 2.28. The summed E-state index contributed by atoms with van der Waals surface area (Å²) in [5.41, 5.74) is 9.93. The zero-order chi connectivity index (χ0) is 20.8. The molecular weight excluding hydrogens is 418 g/mol. The zero-order valence-electron chi connectivity index (χ0n) is 16.9. The SMILES string of the molecule is CCc1[nH]c2nc(Sc3ccc4c(c3)ncc[n+]4C)nc(N3CC[C@H](N)C3)c2c1Cl. The van der Waals surface area contributed by atoms with Crippen LogP contribution in [0.1, 0.15) is 19.0 Å². The van der Waals surface area contributed by atoms with E-state index in [4.69, 9.17) is 27.3 Å². The second kappa shape index (κ2) is 7.68. The van der Waals surface area contributed by atoms with Gasteiger partial charge in [-0.05, 0) is 36.7 Å². The summed E-state index contributed by atoms with van der Waals surface area (Å²) in [5.74, 6) is 0.863. The van der Waals surface area contributed by atoms with Crippen LogP contribution in [0.5, 0.6) is 0 Å². The van der Waals surface area contributed by atoms with Gasteiger partial charge < -0.3 is 15.6 Å². The molecule has 0 saturated carbocycles. The number of rotatable bonds is 4. The van der Waals surface area contributed by atoms with Crippen LogP contribution >= 0.6 is 23.4 Å². The summed E-state index contributed by atoms with van der Waals surface area (Å²) >= 11 is 8.21. The minimum absolute atomic E-state index is 0.154. The molecule has 3 N–H and O–H groups in total. The van der Waals surface area contributed by atoms with Crippen molar-refractivity contribution in [3.8, 4) is 0 Å². The first kappa shape index (κ1) is 19.5. The Morgan fingerprint density at radius 3 is 3.00 bits per heavy atom. The first-order chi connectivity index (χ1) is 14.5. The van der Waals surface area contributed by atoms with Gasteiger partial charge in [0.1, 0.15) is 24.0 Å². The molecule has 30 heavy (non-hydrogen) atoms. The Kier molecular flexibility index (Phi) is 5.00. The molecule has 4 heterocycles. The zero-order valence-corrected chi connectivity index (χ0v) is 18.5. The van der Waals surface area contributed by atoms with Crippen molar-refractivity contribution in [2.24, 2.45) is 12.8 Å². The van der Waals surface area contributed by atoms with Gasteiger partial charge in [-0.2, -0.15) is 4.57 Å². The Labute approximate surface area is 183 Å². The fourth-order valence-electron chi connectivity index (χ4n) is 3.94. The predicted molar refractivity (Wildman–Crippen MR) is 120 cm³/mol. The summed E-state index contributed by atoms with van der Waals surface area (Å²) in [6.45, 7) is 3.72. The van der Waals surface area contributed by atoms with Crippen LogP contribution in [0.15, 0.2) is 40.6 Å². The summed E-state index contributed by atoms with van der Waals surface area (Å²) in [6.07, 6.45) is 5.51. The molecule has 0 radical (unpaired) electrons. The molecular formula is C21H23ClN7S+. The van der Waals surface area contributed by atoms with Gasteiger partial charge in [-0.3, -0.25) is 0 Å². The van der Waals surface area contributed by atoms with Gasteiger partial charge in [-0.1, -0.05) is 18.5 Å². The van der Waals surface area contributed by atoms with Crippen molar-refractivity contribution in [2.45, 2.75) is 35.9 Å². The first-order valence-corrected chi connectivity index (χ1v) is 11.2. The molecule has 9 heteroatoms. The fraction of sp³-hybridized carbons (Fsp3) is 0.333. The Morgan fingerprint density at radius 2 is 2.23 bits per heavy atom. The molecule has 1 aromatic carbocycles. The fourth-order valence-corrected chi connectivity index (χ4v) is 5.08. The standard InChI is InChI=1S/C21H23ClN7S/c1-3-14-18(22)17-19(25-14)26-21(27-20(17)29-8-6-12(23)11-29)30-13-4-5-16-15(10-13)24-7-9-28(16)2/h4-5,7,9-10,12H,3,6,8,11,23H2,1-2H3,(H,25,26,27)/q+1/t12-/m0/s1. The first-order valence-electron chi connectivity index (χ1n) is 10.0. The minimum atomic E-state index is 0.154. The van der Waals surface area contributed by atoms with Gasteiger partial charge in [0.05, 0.1) is 16.6 Å². The number of fused-ring (bicyclic) bond motifs is 2. The number of anilines is 1. The van der Waals surface area contributed by atoms with E-state index in [1.807, 2.05) is 13.2 Å². The molecule has 7 nitrogen and oxygen atoms in total. The van der Waals surface area contributed by atoms with Crippen LogP contribution in [-0.2, 0) is 13.5 Å². The minimum Gasteiger partial charge on any atom is -0.354 e. The van der Waals surface area contributed by atoms with E-state index in [-0.39, 0.29) is 6.04 Å². The number of nitrogens with zero attached hydrogens (tertiary/aromatic N) is 5. The van der Waals surface area contributed by atoms with Crippen LogP contribution < -0.4 is 15.2 Å². The topological polar surface area (TPSA) is 87.6 Å². The third kappa shape index (κ3) is 3.38. The monoisotopic (exact) mass is 440 g/mol. The highest BCUT2D eigenvalue weighted by molar-refractivity contribution is 7.99. The predicted octanol–water partition coefficient (Wildman–Crippen LogP) is 3.24. The maximum atomic E-state index is 6.68. The molecule has 0 amide bonds. The van der Waals surface area contributed by atoms with Crippen LogP contribution in [0, 0.1) is 0 Å². The lowest BCUT2D eigenvalue weighted by Gasteiger charge is -2.18. The summed E-state index contributed by atoms with van der Waals surface area (Å²) in [6, 6.07) is 6.37. The van der Waals surface area contributed by atoms with Gasteiger partial charge in [-0.15, -0.1) is 0 Å². The van der Waals surface area contributed by atoms with Crippen LogP contribution in [0.4, 0.5) is 5.82 Å². The van der Waals surface area contributed by atoms with Gasteiger partial charge >= 0.3 is 0 Å². The average molecular weight is 441 g/mol. The van der Waals surface area contributed by atoms with Crippen molar-refractivity contribution in [3.05, 3.63) is 41.3 Å². The molecule has 1 aliphatic heterocycles. The summed E-state index contributed by atoms with van der Waals surface area (Å²) in [4.78, 5) is 20.8. The van der Waals surface area contributed by atoms with E-state index in [1.165, 1.54) is 11.8 Å². The van der Waals surface area contributed by atoms with Gasteiger partial charge in [0, 0.05) is 35.8 Å². The maximum absolute atomic E-state index is 6.68. The number of hydrogen-bond acceptors (Lipinski definition) is 6. The Morgan fingerprint density at radius 1 is 1.37 bits per heavy atom. The number of halogens is 1. The number of aromatic nitrogens is 5. The van der Waals surface area contributed by atoms with E-state index in [0.717, 1.165) is 64.4 Å². The molecule has 1 aliphatic rings. The number of nitrogens with one attached hydrogen (secondary N) is 1. The van der Waals surface area contributed by atoms with Crippen LogP contribution in [0.25, 0.3) is 22.1 Å². The van der Waals surface area contributed by atoms with E-state index in [1.54, 1.807) is 6.20 Å². The molecule has 0 aliphatic carbocycles. The quantitative estimate of drug-likeness (QED) is 0.374. The molecule has 0 bridgehead atoms. The second-order valence-electron chi connectivity index (χ2n) is 7.61.